The second kappa shape index (κ2) is 8.25. The molecule has 2 heterocycles. The minimum atomic E-state index is -3.73. The number of benzene rings is 2. The fourth-order valence-corrected chi connectivity index (χ4v) is 5.51. The molecule has 2 aromatic carbocycles. The lowest BCUT2D eigenvalue weighted by Crippen LogP contribution is -2.26. The molecule has 1 aliphatic heterocycles. The molecule has 7 nitrogen and oxygen atoms in total. The summed E-state index contributed by atoms with van der Waals surface area (Å²) in [5.41, 5.74) is 2.22. The number of hydrogen-bond donors (Lipinski definition) is 1. The van der Waals surface area contributed by atoms with Gasteiger partial charge in [0.05, 0.1) is 22.5 Å². The number of amides is 1. The predicted octanol–water partition coefficient (Wildman–Crippen LogP) is 3.52. The summed E-state index contributed by atoms with van der Waals surface area (Å²) in [5.74, 6) is -0.107. The van der Waals surface area contributed by atoms with Crippen LogP contribution in [0.15, 0.2) is 70.7 Å². The topological polar surface area (TPSA) is 84.3 Å². The van der Waals surface area contributed by atoms with E-state index in [4.69, 9.17) is 0 Å². The molecule has 0 bridgehead atoms. The molecule has 0 saturated carbocycles. The standard InChI is InChI=1S/C21H22N4O3S2/c1-15-10-21(26)23-19-11-18(8-9-20(19)29-15)30(27,28)24(2)13-16-12-22-25(14-16)17-6-4-3-5-7-17/h3-9,11-12,14-15H,10,13H2,1-2H3,(H,23,26)/t15-/m0/s1. The first-order chi connectivity index (χ1) is 14.3. The Kier molecular flexibility index (Phi) is 5.68. The van der Waals surface area contributed by atoms with Gasteiger partial charge in [0, 0.05) is 41.9 Å². The van der Waals surface area contributed by atoms with Crippen LogP contribution in [0.4, 0.5) is 5.69 Å². The summed E-state index contributed by atoms with van der Waals surface area (Å²) < 4.78 is 29.2. The minimum Gasteiger partial charge on any atom is -0.325 e. The van der Waals surface area contributed by atoms with Gasteiger partial charge in [0.15, 0.2) is 0 Å². The number of sulfonamides is 1. The van der Waals surface area contributed by atoms with Crippen molar-refractivity contribution < 1.29 is 13.2 Å². The Morgan fingerprint density at radius 1 is 1.23 bits per heavy atom. The van der Waals surface area contributed by atoms with Crippen LogP contribution in [0.2, 0.25) is 0 Å². The van der Waals surface area contributed by atoms with E-state index in [1.165, 1.54) is 17.4 Å². The van der Waals surface area contributed by atoms with E-state index in [1.54, 1.807) is 34.8 Å². The monoisotopic (exact) mass is 442 g/mol. The zero-order chi connectivity index (χ0) is 21.3. The van der Waals surface area contributed by atoms with E-state index in [2.05, 4.69) is 10.4 Å². The van der Waals surface area contributed by atoms with Crippen LogP contribution in [0.3, 0.4) is 0 Å². The van der Waals surface area contributed by atoms with Crippen molar-refractivity contribution in [2.75, 3.05) is 12.4 Å². The van der Waals surface area contributed by atoms with Gasteiger partial charge in [-0.1, -0.05) is 25.1 Å². The van der Waals surface area contributed by atoms with Crippen LogP contribution >= 0.6 is 11.8 Å². The summed E-state index contributed by atoms with van der Waals surface area (Å²) in [7, 11) is -2.20. The second-order valence-corrected chi connectivity index (χ2v) is 10.8. The third-order valence-electron chi connectivity index (χ3n) is 4.80. The van der Waals surface area contributed by atoms with Crippen molar-refractivity contribution in [3.63, 3.8) is 0 Å². The van der Waals surface area contributed by atoms with Crippen molar-refractivity contribution >= 4 is 33.4 Å². The average Bonchev–Trinajstić information content (AvgIpc) is 3.12. The van der Waals surface area contributed by atoms with Gasteiger partial charge in [-0.15, -0.1) is 11.8 Å². The summed E-state index contributed by atoms with van der Waals surface area (Å²) in [5, 5.41) is 7.28. The number of carbonyl (C=O) groups excluding carboxylic acids is 1. The molecule has 0 aliphatic carbocycles. The predicted molar refractivity (Wildman–Crippen MR) is 117 cm³/mol. The highest BCUT2D eigenvalue weighted by molar-refractivity contribution is 8.00. The number of nitrogens with zero attached hydrogens (tertiary/aromatic N) is 3. The first-order valence-electron chi connectivity index (χ1n) is 9.49. The quantitative estimate of drug-likeness (QED) is 0.654. The number of rotatable bonds is 5. The van der Waals surface area contributed by atoms with Crippen LogP contribution in [0.5, 0.6) is 0 Å². The maximum atomic E-state index is 13.1. The maximum Gasteiger partial charge on any atom is 0.243 e. The highest BCUT2D eigenvalue weighted by Gasteiger charge is 2.25. The Bertz CT molecular complexity index is 1180. The molecule has 1 amide bonds. The van der Waals surface area contributed by atoms with Gasteiger partial charge >= 0.3 is 0 Å². The summed E-state index contributed by atoms with van der Waals surface area (Å²) in [6, 6.07) is 14.5. The van der Waals surface area contributed by atoms with E-state index >= 15 is 0 Å². The van der Waals surface area contributed by atoms with E-state index in [0.29, 0.717) is 12.1 Å². The number of nitrogens with one attached hydrogen (secondary N) is 1. The van der Waals surface area contributed by atoms with Crippen molar-refractivity contribution in [1.82, 2.24) is 14.1 Å². The molecule has 0 spiro atoms. The van der Waals surface area contributed by atoms with E-state index in [0.717, 1.165) is 16.1 Å². The molecule has 4 rings (SSSR count). The van der Waals surface area contributed by atoms with Crippen molar-refractivity contribution in [2.45, 2.75) is 34.9 Å². The first-order valence-corrected chi connectivity index (χ1v) is 11.8. The first kappa shape index (κ1) is 20.6. The fourth-order valence-electron chi connectivity index (χ4n) is 3.28. The smallest absolute Gasteiger partial charge is 0.243 e. The number of hydrogen-bond acceptors (Lipinski definition) is 5. The molecule has 156 valence electrons. The molecule has 0 fully saturated rings. The number of aromatic nitrogens is 2. The summed E-state index contributed by atoms with van der Waals surface area (Å²) in [4.78, 5) is 13.0. The third kappa shape index (κ3) is 4.28. The molecule has 1 aromatic heterocycles. The molecule has 9 heteroatoms. The van der Waals surface area contributed by atoms with E-state index in [1.807, 2.05) is 43.5 Å². The Balaban J connectivity index is 1.55. The van der Waals surface area contributed by atoms with Gasteiger partial charge in [-0.25, -0.2) is 13.1 Å². The van der Waals surface area contributed by atoms with Crippen molar-refractivity contribution in [2.24, 2.45) is 0 Å². The number of thioether (sulfide) groups is 1. The van der Waals surface area contributed by atoms with Crippen LogP contribution in [0.1, 0.15) is 18.9 Å². The van der Waals surface area contributed by atoms with E-state index in [-0.39, 0.29) is 22.6 Å². The molecule has 0 saturated heterocycles. The number of fused-ring (bicyclic) bond motifs is 1. The Hall–Kier alpha value is -2.62. The van der Waals surface area contributed by atoms with Gasteiger partial charge < -0.3 is 5.32 Å². The fraction of sp³-hybridized carbons (Fsp3) is 0.238. The molecule has 30 heavy (non-hydrogen) atoms. The van der Waals surface area contributed by atoms with Crippen LogP contribution < -0.4 is 5.32 Å². The van der Waals surface area contributed by atoms with Gasteiger partial charge in [0.25, 0.3) is 0 Å². The van der Waals surface area contributed by atoms with Crippen LogP contribution in [-0.4, -0.2) is 40.7 Å². The van der Waals surface area contributed by atoms with Gasteiger partial charge in [0.2, 0.25) is 15.9 Å². The van der Waals surface area contributed by atoms with E-state index < -0.39 is 10.0 Å². The van der Waals surface area contributed by atoms with Crippen LogP contribution in [0, 0.1) is 0 Å². The highest BCUT2D eigenvalue weighted by atomic mass is 32.2. The van der Waals surface area contributed by atoms with Crippen LogP contribution in [0.25, 0.3) is 5.69 Å². The lowest BCUT2D eigenvalue weighted by molar-refractivity contribution is -0.116. The van der Waals surface area contributed by atoms with Gasteiger partial charge in [-0.05, 0) is 30.3 Å². The van der Waals surface area contributed by atoms with Gasteiger partial charge in [0.1, 0.15) is 0 Å². The molecule has 0 radical (unpaired) electrons. The van der Waals surface area contributed by atoms with Crippen molar-refractivity contribution in [1.29, 1.82) is 0 Å². The number of para-hydroxylation sites is 1. The molecule has 0 unspecified atom stereocenters. The number of carbonyl (C=O) groups is 1. The highest BCUT2D eigenvalue weighted by Crippen LogP contribution is 2.36. The SMILES string of the molecule is C[C@H]1CC(=O)Nc2cc(S(=O)(=O)N(C)Cc3cnn(-c4ccccc4)c3)ccc2S1. The molecule has 1 N–H and O–H groups in total. The van der Waals surface area contributed by atoms with Gasteiger partial charge in [-0.2, -0.15) is 9.40 Å². The lowest BCUT2D eigenvalue weighted by Gasteiger charge is -2.17. The zero-order valence-electron chi connectivity index (χ0n) is 16.6. The second-order valence-electron chi connectivity index (χ2n) is 7.23. The normalized spacial score (nSPS) is 16.8. The molecule has 1 atom stereocenters. The Morgan fingerprint density at radius 3 is 2.77 bits per heavy atom. The molecular weight excluding hydrogens is 420 g/mol. The Labute approximate surface area is 180 Å². The molecule has 3 aromatic rings. The average molecular weight is 443 g/mol. The summed E-state index contributed by atoms with van der Waals surface area (Å²) in [6.07, 6.45) is 3.87. The number of anilines is 1. The van der Waals surface area contributed by atoms with Gasteiger partial charge in [-0.3, -0.25) is 4.79 Å². The van der Waals surface area contributed by atoms with E-state index in [9.17, 15) is 13.2 Å². The zero-order valence-corrected chi connectivity index (χ0v) is 18.3. The minimum absolute atomic E-state index is 0.107. The lowest BCUT2D eigenvalue weighted by atomic mass is 10.3. The van der Waals surface area contributed by atoms with Crippen LogP contribution in [-0.2, 0) is 21.4 Å². The summed E-state index contributed by atoms with van der Waals surface area (Å²) >= 11 is 1.56. The summed E-state index contributed by atoms with van der Waals surface area (Å²) in [6.45, 7) is 2.16. The third-order valence-corrected chi connectivity index (χ3v) is 7.77. The largest absolute Gasteiger partial charge is 0.325 e. The van der Waals surface area contributed by atoms with Crippen molar-refractivity contribution in [3.05, 3.63) is 66.5 Å². The molecular formula is C21H22N4O3S2. The maximum absolute atomic E-state index is 13.1. The Morgan fingerprint density at radius 2 is 2.00 bits per heavy atom. The molecule has 1 aliphatic rings. The van der Waals surface area contributed by atoms with Crippen molar-refractivity contribution in [3.8, 4) is 5.69 Å².